The van der Waals surface area contributed by atoms with E-state index < -0.39 is 0 Å². The number of nitrogens with two attached hydrogens (primary N) is 1. The highest BCUT2D eigenvalue weighted by molar-refractivity contribution is 9.10. The van der Waals surface area contributed by atoms with Gasteiger partial charge in [-0.2, -0.15) is 0 Å². The van der Waals surface area contributed by atoms with Crippen molar-refractivity contribution in [3.63, 3.8) is 0 Å². The molecular weight excluding hydrogens is 320 g/mol. The van der Waals surface area contributed by atoms with Gasteiger partial charge in [-0.1, -0.05) is 28.1 Å². The lowest BCUT2D eigenvalue weighted by molar-refractivity contribution is 0.102. The molecule has 4 nitrogen and oxygen atoms in total. The quantitative estimate of drug-likeness (QED) is 0.838. The first kappa shape index (κ1) is 14.4. The van der Waals surface area contributed by atoms with E-state index in [1.165, 1.54) is 0 Å². The van der Waals surface area contributed by atoms with Crippen molar-refractivity contribution in [1.29, 1.82) is 0 Å². The summed E-state index contributed by atoms with van der Waals surface area (Å²) < 4.78 is 6.31. The van der Waals surface area contributed by atoms with E-state index in [0.29, 0.717) is 29.3 Å². The fraction of sp³-hybridized carbons (Fsp3) is 0.133. The molecule has 0 aliphatic rings. The maximum Gasteiger partial charge on any atom is 0.259 e. The van der Waals surface area contributed by atoms with E-state index in [4.69, 9.17) is 10.5 Å². The van der Waals surface area contributed by atoms with Crippen molar-refractivity contribution in [2.75, 3.05) is 17.7 Å². The number of ether oxygens (including phenoxy) is 1. The van der Waals surface area contributed by atoms with Crippen LogP contribution in [-0.2, 0) is 0 Å². The van der Waals surface area contributed by atoms with Crippen LogP contribution < -0.4 is 15.8 Å². The highest BCUT2D eigenvalue weighted by atomic mass is 79.9. The monoisotopic (exact) mass is 334 g/mol. The van der Waals surface area contributed by atoms with E-state index in [1.54, 1.807) is 30.3 Å². The molecule has 0 fully saturated rings. The average Bonchev–Trinajstić information content (AvgIpc) is 2.43. The Balaban J connectivity index is 2.24. The lowest BCUT2D eigenvalue weighted by atomic mass is 10.1. The van der Waals surface area contributed by atoms with Crippen LogP contribution in [0.5, 0.6) is 5.75 Å². The van der Waals surface area contributed by atoms with E-state index in [-0.39, 0.29) is 5.91 Å². The summed E-state index contributed by atoms with van der Waals surface area (Å²) in [5.74, 6) is 0.311. The molecule has 0 aliphatic carbocycles. The molecule has 2 rings (SSSR count). The van der Waals surface area contributed by atoms with Crippen molar-refractivity contribution in [2.24, 2.45) is 0 Å². The molecule has 2 aromatic rings. The summed E-state index contributed by atoms with van der Waals surface area (Å²) in [7, 11) is 0. The number of nitrogens with one attached hydrogen (secondary N) is 1. The summed E-state index contributed by atoms with van der Waals surface area (Å²) in [6, 6.07) is 12.4. The maximum atomic E-state index is 12.3. The molecule has 0 bridgehead atoms. The van der Waals surface area contributed by atoms with Crippen LogP contribution in [-0.4, -0.2) is 12.5 Å². The number of amides is 1. The van der Waals surface area contributed by atoms with E-state index in [9.17, 15) is 4.79 Å². The highest BCUT2D eigenvalue weighted by Crippen LogP contribution is 2.25. The second kappa shape index (κ2) is 6.43. The van der Waals surface area contributed by atoms with Gasteiger partial charge in [0.2, 0.25) is 0 Å². The van der Waals surface area contributed by atoms with Gasteiger partial charge in [0.15, 0.2) is 0 Å². The molecule has 0 aromatic heterocycles. The standard InChI is InChI=1S/C15H15BrN2O2/c1-2-20-14-6-4-3-5-11(14)15(19)18-13-8-7-10(16)9-12(13)17/h3-9H,2,17H2,1H3,(H,18,19). The molecule has 2 aromatic carbocycles. The maximum absolute atomic E-state index is 12.3. The number of halogens is 1. The normalized spacial score (nSPS) is 10.1. The van der Waals surface area contributed by atoms with E-state index >= 15 is 0 Å². The number of hydrogen-bond donors (Lipinski definition) is 2. The fourth-order valence-electron chi connectivity index (χ4n) is 1.77. The van der Waals surface area contributed by atoms with Crippen LogP contribution in [0.2, 0.25) is 0 Å². The fourth-order valence-corrected chi connectivity index (χ4v) is 2.15. The Morgan fingerprint density at radius 2 is 2.05 bits per heavy atom. The minimum absolute atomic E-state index is 0.247. The van der Waals surface area contributed by atoms with Crippen LogP contribution in [0.15, 0.2) is 46.9 Å². The Morgan fingerprint density at radius 1 is 1.30 bits per heavy atom. The first-order valence-electron chi connectivity index (χ1n) is 6.20. The van der Waals surface area contributed by atoms with Crippen LogP contribution in [0.4, 0.5) is 11.4 Å². The molecular formula is C15H15BrN2O2. The molecule has 0 unspecified atom stereocenters. The van der Waals surface area contributed by atoms with Crippen LogP contribution in [0.3, 0.4) is 0 Å². The van der Waals surface area contributed by atoms with Crippen LogP contribution in [0.1, 0.15) is 17.3 Å². The number of nitrogen functional groups attached to an aromatic ring is 1. The number of hydrogen-bond acceptors (Lipinski definition) is 3. The second-order valence-electron chi connectivity index (χ2n) is 4.11. The zero-order chi connectivity index (χ0) is 14.5. The lowest BCUT2D eigenvalue weighted by Crippen LogP contribution is -2.14. The number of carbonyl (C=O) groups is 1. The number of carbonyl (C=O) groups excluding carboxylic acids is 1. The van der Waals surface area contributed by atoms with Crippen molar-refractivity contribution in [3.8, 4) is 5.75 Å². The topological polar surface area (TPSA) is 64.3 Å². The van der Waals surface area contributed by atoms with Crippen molar-refractivity contribution < 1.29 is 9.53 Å². The molecule has 0 spiro atoms. The van der Waals surface area contributed by atoms with Crippen molar-refractivity contribution in [2.45, 2.75) is 6.92 Å². The summed E-state index contributed by atoms with van der Waals surface area (Å²) in [5.41, 5.74) is 7.43. The van der Waals surface area contributed by atoms with Gasteiger partial charge in [-0.15, -0.1) is 0 Å². The minimum atomic E-state index is -0.247. The summed E-state index contributed by atoms with van der Waals surface area (Å²) in [6.45, 7) is 2.38. The zero-order valence-electron chi connectivity index (χ0n) is 11.0. The second-order valence-corrected chi connectivity index (χ2v) is 5.03. The summed E-state index contributed by atoms with van der Waals surface area (Å²) in [5, 5.41) is 2.79. The Morgan fingerprint density at radius 3 is 2.75 bits per heavy atom. The minimum Gasteiger partial charge on any atom is -0.493 e. The van der Waals surface area contributed by atoms with Gasteiger partial charge in [-0.05, 0) is 37.3 Å². The van der Waals surface area contributed by atoms with Crippen LogP contribution in [0.25, 0.3) is 0 Å². The molecule has 0 saturated carbocycles. The third kappa shape index (κ3) is 3.30. The average molecular weight is 335 g/mol. The van der Waals surface area contributed by atoms with Crippen LogP contribution >= 0.6 is 15.9 Å². The molecule has 0 saturated heterocycles. The third-order valence-electron chi connectivity index (χ3n) is 2.69. The zero-order valence-corrected chi connectivity index (χ0v) is 12.6. The Bertz CT molecular complexity index is 629. The largest absolute Gasteiger partial charge is 0.493 e. The number of rotatable bonds is 4. The predicted molar refractivity (Wildman–Crippen MR) is 84.1 cm³/mol. The molecule has 0 aliphatic heterocycles. The number of anilines is 2. The van der Waals surface area contributed by atoms with Crippen molar-refractivity contribution >= 4 is 33.2 Å². The molecule has 0 heterocycles. The Kier molecular flexibility index (Phi) is 4.63. The van der Waals surface area contributed by atoms with Gasteiger partial charge in [-0.3, -0.25) is 4.79 Å². The molecule has 0 atom stereocenters. The first-order valence-corrected chi connectivity index (χ1v) is 6.99. The van der Waals surface area contributed by atoms with E-state index in [1.807, 2.05) is 19.1 Å². The molecule has 5 heteroatoms. The van der Waals surface area contributed by atoms with Crippen molar-refractivity contribution in [3.05, 3.63) is 52.5 Å². The molecule has 3 N–H and O–H groups in total. The van der Waals surface area contributed by atoms with Gasteiger partial charge >= 0.3 is 0 Å². The third-order valence-corrected chi connectivity index (χ3v) is 3.19. The number of benzene rings is 2. The van der Waals surface area contributed by atoms with Gasteiger partial charge in [0.05, 0.1) is 23.5 Å². The summed E-state index contributed by atoms with van der Waals surface area (Å²) in [6.07, 6.45) is 0. The van der Waals surface area contributed by atoms with Gasteiger partial charge in [0.25, 0.3) is 5.91 Å². The highest BCUT2D eigenvalue weighted by Gasteiger charge is 2.13. The van der Waals surface area contributed by atoms with Gasteiger partial charge in [-0.25, -0.2) is 0 Å². The lowest BCUT2D eigenvalue weighted by Gasteiger charge is -2.11. The van der Waals surface area contributed by atoms with Gasteiger partial charge in [0, 0.05) is 4.47 Å². The SMILES string of the molecule is CCOc1ccccc1C(=O)Nc1ccc(Br)cc1N. The molecule has 20 heavy (non-hydrogen) atoms. The summed E-state index contributed by atoms with van der Waals surface area (Å²) in [4.78, 5) is 12.3. The van der Waals surface area contributed by atoms with E-state index in [0.717, 1.165) is 4.47 Å². The molecule has 104 valence electrons. The van der Waals surface area contributed by atoms with Gasteiger partial charge in [0.1, 0.15) is 5.75 Å². The molecule has 0 radical (unpaired) electrons. The summed E-state index contributed by atoms with van der Waals surface area (Å²) >= 11 is 3.33. The Labute approximate surface area is 126 Å². The molecule has 1 amide bonds. The van der Waals surface area contributed by atoms with Gasteiger partial charge < -0.3 is 15.8 Å². The smallest absolute Gasteiger partial charge is 0.259 e. The van der Waals surface area contributed by atoms with E-state index in [2.05, 4.69) is 21.2 Å². The predicted octanol–water partition coefficient (Wildman–Crippen LogP) is 3.68. The first-order chi connectivity index (χ1) is 9.61. The van der Waals surface area contributed by atoms with Crippen LogP contribution in [0, 0.1) is 0 Å². The van der Waals surface area contributed by atoms with Crippen molar-refractivity contribution in [1.82, 2.24) is 0 Å². The number of para-hydroxylation sites is 1. The Hall–Kier alpha value is -2.01.